The summed E-state index contributed by atoms with van der Waals surface area (Å²) in [5.41, 5.74) is 2.31. The average Bonchev–Trinajstić information content (AvgIpc) is 3.21. The van der Waals surface area contributed by atoms with Crippen LogP contribution in [0.1, 0.15) is 25.3 Å². The van der Waals surface area contributed by atoms with Crippen LogP contribution < -0.4 is 9.62 Å². The number of aryl methyl sites for hydroxylation is 1. The molecular formula is C21H24N4O4S. The van der Waals surface area contributed by atoms with Crippen LogP contribution >= 0.6 is 0 Å². The predicted molar refractivity (Wildman–Crippen MR) is 114 cm³/mol. The zero-order valence-electron chi connectivity index (χ0n) is 17.1. The van der Waals surface area contributed by atoms with Crippen molar-refractivity contribution in [1.82, 2.24) is 15.5 Å². The lowest BCUT2D eigenvalue weighted by Gasteiger charge is -2.28. The van der Waals surface area contributed by atoms with Gasteiger partial charge < -0.3 is 9.84 Å². The fourth-order valence-corrected chi connectivity index (χ4v) is 4.20. The molecule has 1 amide bonds. The van der Waals surface area contributed by atoms with Gasteiger partial charge in [0.15, 0.2) is 0 Å². The quantitative estimate of drug-likeness (QED) is 0.591. The Kier molecular flexibility index (Phi) is 6.51. The molecule has 0 fully saturated rings. The summed E-state index contributed by atoms with van der Waals surface area (Å²) >= 11 is 0. The molecule has 30 heavy (non-hydrogen) atoms. The summed E-state index contributed by atoms with van der Waals surface area (Å²) in [6.07, 6.45) is 1.92. The van der Waals surface area contributed by atoms with Crippen LogP contribution in [0.4, 0.5) is 5.69 Å². The molecule has 0 saturated heterocycles. The fourth-order valence-electron chi connectivity index (χ4n) is 3.03. The van der Waals surface area contributed by atoms with E-state index in [4.69, 9.17) is 4.52 Å². The second-order valence-electron chi connectivity index (χ2n) is 6.85. The van der Waals surface area contributed by atoms with Crippen LogP contribution in [0, 0.1) is 0 Å². The molecule has 0 aliphatic rings. The highest BCUT2D eigenvalue weighted by atomic mass is 32.2. The van der Waals surface area contributed by atoms with Crippen molar-refractivity contribution in [3.63, 3.8) is 0 Å². The van der Waals surface area contributed by atoms with E-state index in [-0.39, 0.29) is 12.4 Å². The van der Waals surface area contributed by atoms with Crippen LogP contribution in [0.3, 0.4) is 0 Å². The van der Waals surface area contributed by atoms with Crippen LogP contribution in [0.25, 0.3) is 11.4 Å². The number of nitrogens with zero attached hydrogens (tertiary/aromatic N) is 3. The molecule has 0 radical (unpaired) electrons. The third kappa shape index (κ3) is 5.04. The lowest BCUT2D eigenvalue weighted by Crippen LogP contribution is -2.47. The van der Waals surface area contributed by atoms with E-state index in [9.17, 15) is 13.2 Å². The van der Waals surface area contributed by atoms with E-state index in [0.717, 1.165) is 28.1 Å². The van der Waals surface area contributed by atoms with Crippen molar-refractivity contribution < 1.29 is 17.7 Å². The molecule has 1 atom stereocenters. The number of anilines is 1. The maximum atomic E-state index is 12.7. The van der Waals surface area contributed by atoms with Crippen LogP contribution in [0.2, 0.25) is 0 Å². The van der Waals surface area contributed by atoms with Crippen molar-refractivity contribution in [2.45, 2.75) is 32.9 Å². The second-order valence-corrected chi connectivity index (χ2v) is 8.71. The van der Waals surface area contributed by atoms with Crippen LogP contribution in [0.15, 0.2) is 59.1 Å². The van der Waals surface area contributed by atoms with Gasteiger partial charge >= 0.3 is 0 Å². The molecule has 1 heterocycles. The lowest BCUT2D eigenvalue weighted by molar-refractivity contribution is -0.122. The number of hydrogen-bond donors (Lipinski definition) is 1. The molecule has 0 bridgehead atoms. The number of rotatable bonds is 8. The number of carbonyl (C=O) groups is 1. The number of nitrogens with one attached hydrogen (secondary N) is 1. The van der Waals surface area contributed by atoms with Gasteiger partial charge in [0, 0.05) is 5.56 Å². The van der Waals surface area contributed by atoms with Crippen molar-refractivity contribution in [3.8, 4) is 11.4 Å². The average molecular weight is 429 g/mol. The molecule has 0 aliphatic carbocycles. The first-order chi connectivity index (χ1) is 14.3. The van der Waals surface area contributed by atoms with Gasteiger partial charge in [0.05, 0.1) is 18.5 Å². The minimum Gasteiger partial charge on any atom is -0.345 e. The number of benzene rings is 2. The molecule has 3 rings (SSSR count). The molecule has 0 unspecified atom stereocenters. The molecular weight excluding hydrogens is 404 g/mol. The molecule has 158 valence electrons. The maximum absolute atomic E-state index is 12.7. The summed E-state index contributed by atoms with van der Waals surface area (Å²) in [6, 6.07) is 15.5. The minimum absolute atomic E-state index is 0.00458. The smallest absolute Gasteiger partial charge is 0.246 e. The SMILES string of the molecule is CCc1ccc(N([C@H](C)C(=O)NCc2nc(-c3ccccc3)no2)S(C)(=O)=O)cc1. The van der Waals surface area contributed by atoms with Crippen molar-refractivity contribution in [2.24, 2.45) is 0 Å². The van der Waals surface area contributed by atoms with Gasteiger partial charge in [0.25, 0.3) is 0 Å². The summed E-state index contributed by atoms with van der Waals surface area (Å²) in [6.45, 7) is 3.54. The summed E-state index contributed by atoms with van der Waals surface area (Å²) in [4.78, 5) is 16.9. The van der Waals surface area contributed by atoms with Crippen LogP contribution in [0.5, 0.6) is 0 Å². The van der Waals surface area contributed by atoms with Crippen molar-refractivity contribution in [2.75, 3.05) is 10.6 Å². The number of amides is 1. The molecule has 3 aromatic rings. The van der Waals surface area contributed by atoms with Gasteiger partial charge in [-0.15, -0.1) is 0 Å². The Labute approximate surface area is 176 Å². The monoisotopic (exact) mass is 428 g/mol. The van der Waals surface area contributed by atoms with Gasteiger partial charge in [-0.1, -0.05) is 54.5 Å². The van der Waals surface area contributed by atoms with Crippen molar-refractivity contribution in [3.05, 3.63) is 66.1 Å². The Hall–Kier alpha value is -3.20. The van der Waals surface area contributed by atoms with E-state index >= 15 is 0 Å². The first-order valence-corrected chi connectivity index (χ1v) is 11.4. The molecule has 1 aromatic heterocycles. The van der Waals surface area contributed by atoms with Crippen molar-refractivity contribution in [1.29, 1.82) is 0 Å². The minimum atomic E-state index is -3.68. The van der Waals surface area contributed by atoms with Gasteiger partial charge in [0.1, 0.15) is 6.04 Å². The highest BCUT2D eigenvalue weighted by Gasteiger charge is 2.29. The molecule has 9 heteroatoms. The number of carbonyl (C=O) groups excluding carboxylic acids is 1. The van der Waals surface area contributed by atoms with E-state index in [1.165, 1.54) is 6.92 Å². The van der Waals surface area contributed by atoms with E-state index < -0.39 is 22.0 Å². The lowest BCUT2D eigenvalue weighted by atomic mass is 10.1. The number of sulfonamides is 1. The highest BCUT2D eigenvalue weighted by molar-refractivity contribution is 7.92. The highest BCUT2D eigenvalue weighted by Crippen LogP contribution is 2.22. The zero-order chi connectivity index (χ0) is 21.7. The maximum Gasteiger partial charge on any atom is 0.246 e. The Balaban J connectivity index is 1.70. The van der Waals surface area contributed by atoms with E-state index in [1.54, 1.807) is 12.1 Å². The number of aromatic nitrogens is 2. The van der Waals surface area contributed by atoms with Gasteiger partial charge in [-0.05, 0) is 31.0 Å². The first kappa shape index (κ1) is 21.5. The molecule has 1 N–H and O–H groups in total. The standard InChI is InChI=1S/C21H24N4O4S/c1-4-16-10-12-18(13-11-16)25(30(3,27)28)15(2)21(26)22-14-19-23-20(24-29-19)17-8-6-5-7-9-17/h5-13,15H,4,14H2,1-3H3,(H,22,26)/t15-/m1/s1. The Morgan fingerprint density at radius 1 is 1.13 bits per heavy atom. The molecule has 0 saturated carbocycles. The Morgan fingerprint density at radius 2 is 1.80 bits per heavy atom. The summed E-state index contributed by atoms with van der Waals surface area (Å²) < 4.78 is 31.0. The van der Waals surface area contributed by atoms with Crippen LogP contribution in [-0.4, -0.2) is 36.8 Å². The van der Waals surface area contributed by atoms with Crippen molar-refractivity contribution >= 4 is 21.6 Å². The van der Waals surface area contributed by atoms with Crippen LogP contribution in [-0.2, 0) is 27.8 Å². The largest absolute Gasteiger partial charge is 0.345 e. The molecule has 2 aromatic carbocycles. The topological polar surface area (TPSA) is 105 Å². The number of hydrogen-bond acceptors (Lipinski definition) is 6. The molecule has 0 aliphatic heterocycles. The summed E-state index contributed by atoms with van der Waals surface area (Å²) in [5.74, 6) is 0.175. The Bertz CT molecular complexity index is 1100. The van der Waals surface area contributed by atoms with E-state index in [0.29, 0.717) is 11.5 Å². The van der Waals surface area contributed by atoms with Gasteiger partial charge in [-0.3, -0.25) is 9.10 Å². The summed E-state index contributed by atoms with van der Waals surface area (Å²) in [5, 5.41) is 6.57. The van der Waals surface area contributed by atoms with Gasteiger partial charge in [-0.2, -0.15) is 4.98 Å². The normalized spacial score (nSPS) is 12.4. The molecule has 8 nitrogen and oxygen atoms in total. The van der Waals surface area contributed by atoms with E-state index in [1.807, 2.05) is 49.4 Å². The van der Waals surface area contributed by atoms with Gasteiger partial charge in [0.2, 0.25) is 27.6 Å². The predicted octanol–water partition coefficient (Wildman–Crippen LogP) is 2.77. The third-order valence-corrected chi connectivity index (χ3v) is 5.84. The van der Waals surface area contributed by atoms with Gasteiger partial charge in [-0.25, -0.2) is 8.42 Å². The first-order valence-electron chi connectivity index (χ1n) is 9.53. The second kappa shape index (κ2) is 9.08. The summed E-state index contributed by atoms with van der Waals surface area (Å²) in [7, 11) is -3.68. The van der Waals surface area contributed by atoms with E-state index in [2.05, 4.69) is 15.5 Å². The third-order valence-electron chi connectivity index (χ3n) is 4.60. The molecule has 0 spiro atoms. The Morgan fingerprint density at radius 3 is 2.40 bits per heavy atom. The fraction of sp³-hybridized carbons (Fsp3) is 0.286. The zero-order valence-corrected chi connectivity index (χ0v) is 17.9.